The zero-order valence-electron chi connectivity index (χ0n) is 15.2. The fourth-order valence-corrected chi connectivity index (χ4v) is 3.43. The highest BCUT2D eigenvalue weighted by atomic mass is 16.4. The Bertz CT molecular complexity index is 833. The summed E-state index contributed by atoms with van der Waals surface area (Å²) in [6.07, 6.45) is 2.34. The maximum absolute atomic E-state index is 10.9. The lowest BCUT2D eigenvalue weighted by Gasteiger charge is -2.41. The number of hydrogen-bond donors (Lipinski definition) is 1. The molecule has 4 nitrogen and oxygen atoms in total. The third kappa shape index (κ3) is 3.48. The van der Waals surface area contributed by atoms with E-state index in [0.717, 1.165) is 12.1 Å². The molecular weight excluding hydrogens is 312 g/mol. The van der Waals surface area contributed by atoms with Crippen LogP contribution in [0.15, 0.2) is 52.7 Å². The molecule has 3 rings (SSSR count). The van der Waals surface area contributed by atoms with Crippen molar-refractivity contribution in [1.29, 1.82) is 0 Å². The summed E-state index contributed by atoms with van der Waals surface area (Å²) in [4.78, 5) is 10.9. The fourth-order valence-electron chi connectivity index (χ4n) is 3.43. The lowest BCUT2D eigenvalue weighted by atomic mass is 9.63. The molecule has 0 atom stereocenters. The van der Waals surface area contributed by atoms with Crippen molar-refractivity contribution in [3.8, 4) is 0 Å². The molecule has 2 aromatic carbocycles. The molecule has 0 fully saturated rings. The van der Waals surface area contributed by atoms with Gasteiger partial charge < -0.3 is 5.11 Å². The van der Waals surface area contributed by atoms with Crippen molar-refractivity contribution in [2.45, 2.75) is 51.4 Å². The summed E-state index contributed by atoms with van der Waals surface area (Å²) in [7, 11) is 0. The number of fused-ring (bicyclic) bond motifs is 1. The number of aromatic carboxylic acids is 1. The zero-order chi connectivity index (χ0) is 18.2. The summed E-state index contributed by atoms with van der Waals surface area (Å²) in [5.41, 5.74) is 4.79. The summed E-state index contributed by atoms with van der Waals surface area (Å²) in [5, 5.41) is 17.5. The Morgan fingerprint density at radius 1 is 0.840 bits per heavy atom. The molecule has 1 aliphatic rings. The van der Waals surface area contributed by atoms with Crippen molar-refractivity contribution in [3.63, 3.8) is 0 Å². The molecule has 0 amide bonds. The van der Waals surface area contributed by atoms with Crippen LogP contribution in [0, 0.1) is 0 Å². The average Bonchev–Trinajstić information content (AvgIpc) is 2.57. The van der Waals surface area contributed by atoms with Gasteiger partial charge in [0.1, 0.15) is 0 Å². The highest BCUT2D eigenvalue weighted by molar-refractivity contribution is 5.87. The van der Waals surface area contributed by atoms with Crippen LogP contribution in [-0.4, -0.2) is 11.1 Å². The van der Waals surface area contributed by atoms with Crippen molar-refractivity contribution in [2.24, 2.45) is 10.2 Å². The molecule has 0 aromatic heterocycles. The minimum atomic E-state index is -0.942. The quantitative estimate of drug-likeness (QED) is 0.683. The molecule has 0 spiro atoms. The Balaban J connectivity index is 1.90. The van der Waals surface area contributed by atoms with Crippen LogP contribution < -0.4 is 0 Å². The molecule has 0 unspecified atom stereocenters. The van der Waals surface area contributed by atoms with Gasteiger partial charge in [-0.15, -0.1) is 0 Å². The Kier molecular flexibility index (Phi) is 4.23. The number of benzene rings is 2. The van der Waals surface area contributed by atoms with Crippen LogP contribution in [0.4, 0.5) is 11.4 Å². The molecule has 2 aromatic rings. The number of azo groups is 1. The summed E-state index contributed by atoms with van der Waals surface area (Å²) in [6, 6.07) is 12.7. The van der Waals surface area contributed by atoms with E-state index in [4.69, 9.17) is 5.11 Å². The van der Waals surface area contributed by atoms with Gasteiger partial charge in [-0.3, -0.25) is 0 Å². The van der Waals surface area contributed by atoms with Crippen LogP contribution in [-0.2, 0) is 10.8 Å². The predicted molar refractivity (Wildman–Crippen MR) is 99.3 cm³/mol. The molecule has 1 aliphatic carbocycles. The van der Waals surface area contributed by atoms with Gasteiger partial charge in [-0.2, -0.15) is 10.2 Å². The maximum Gasteiger partial charge on any atom is 0.335 e. The van der Waals surface area contributed by atoms with E-state index in [-0.39, 0.29) is 16.4 Å². The molecule has 1 N–H and O–H groups in total. The van der Waals surface area contributed by atoms with E-state index in [1.165, 1.54) is 29.7 Å². The minimum absolute atomic E-state index is 0.138. The first-order valence-corrected chi connectivity index (χ1v) is 8.59. The highest BCUT2D eigenvalue weighted by Gasteiger charge is 2.36. The average molecular weight is 336 g/mol. The van der Waals surface area contributed by atoms with E-state index in [0.29, 0.717) is 5.69 Å². The van der Waals surface area contributed by atoms with Gasteiger partial charge in [0.25, 0.3) is 0 Å². The first-order valence-electron chi connectivity index (χ1n) is 8.59. The van der Waals surface area contributed by atoms with Gasteiger partial charge in [-0.1, -0.05) is 33.8 Å². The molecule has 0 heterocycles. The van der Waals surface area contributed by atoms with E-state index in [2.05, 4.69) is 50.1 Å². The van der Waals surface area contributed by atoms with Gasteiger partial charge in [0.15, 0.2) is 0 Å². The topological polar surface area (TPSA) is 62.0 Å². The number of rotatable bonds is 3. The van der Waals surface area contributed by atoms with Gasteiger partial charge >= 0.3 is 5.97 Å². The van der Waals surface area contributed by atoms with Crippen LogP contribution in [0.5, 0.6) is 0 Å². The largest absolute Gasteiger partial charge is 0.478 e. The third-order valence-corrected chi connectivity index (χ3v) is 5.23. The third-order valence-electron chi connectivity index (χ3n) is 5.23. The Morgan fingerprint density at radius 3 is 1.96 bits per heavy atom. The number of carboxylic acid groups (broad SMARTS) is 1. The number of carboxylic acids is 1. The van der Waals surface area contributed by atoms with Gasteiger partial charge in [0, 0.05) is 0 Å². The van der Waals surface area contributed by atoms with E-state index in [1.807, 2.05) is 6.07 Å². The molecule has 0 bridgehead atoms. The molecule has 25 heavy (non-hydrogen) atoms. The first-order chi connectivity index (χ1) is 11.7. The van der Waals surface area contributed by atoms with Crippen LogP contribution in [0.25, 0.3) is 0 Å². The molecule has 0 radical (unpaired) electrons. The van der Waals surface area contributed by atoms with Gasteiger partial charge in [-0.25, -0.2) is 4.79 Å². The van der Waals surface area contributed by atoms with Gasteiger partial charge in [-0.05, 0) is 71.2 Å². The molecular formula is C21H24N2O2. The minimum Gasteiger partial charge on any atom is -0.478 e. The summed E-state index contributed by atoms with van der Waals surface area (Å²) in [6.45, 7) is 9.16. The van der Waals surface area contributed by atoms with Crippen molar-refractivity contribution >= 4 is 17.3 Å². The first kappa shape index (κ1) is 17.3. The van der Waals surface area contributed by atoms with Crippen molar-refractivity contribution in [2.75, 3.05) is 0 Å². The van der Waals surface area contributed by atoms with E-state index >= 15 is 0 Å². The Labute approximate surface area is 148 Å². The second-order valence-electron chi connectivity index (χ2n) is 8.05. The van der Waals surface area contributed by atoms with Gasteiger partial charge in [0.2, 0.25) is 0 Å². The molecule has 0 saturated heterocycles. The number of carbonyl (C=O) groups is 1. The van der Waals surface area contributed by atoms with E-state index in [9.17, 15) is 4.79 Å². The normalized spacial score (nSPS) is 18.1. The monoisotopic (exact) mass is 336 g/mol. The number of hydrogen-bond acceptors (Lipinski definition) is 3. The van der Waals surface area contributed by atoms with E-state index < -0.39 is 5.97 Å². The van der Waals surface area contributed by atoms with Crippen molar-refractivity contribution in [1.82, 2.24) is 0 Å². The zero-order valence-corrected chi connectivity index (χ0v) is 15.2. The number of nitrogens with zero attached hydrogens (tertiary/aromatic N) is 2. The predicted octanol–water partition coefficient (Wildman–Crippen LogP) is 6.15. The van der Waals surface area contributed by atoms with Crippen molar-refractivity contribution < 1.29 is 9.90 Å². The van der Waals surface area contributed by atoms with E-state index in [1.54, 1.807) is 12.1 Å². The van der Waals surface area contributed by atoms with Crippen LogP contribution >= 0.6 is 0 Å². The molecule has 4 heteroatoms. The SMILES string of the molecule is CC1(C)CCC(C)(C)c2cc(N=Nc3ccc(C(=O)O)cc3)ccc21. The van der Waals surface area contributed by atoms with Crippen LogP contribution in [0.1, 0.15) is 62.0 Å². The smallest absolute Gasteiger partial charge is 0.335 e. The molecule has 0 aliphatic heterocycles. The van der Waals surface area contributed by atoms with Crippen molar-refractivity contribution in [3.05, 3.63) is 59.2 Å². The standard InChI is InChI=1S/C21H24N2O2/c1-20(2)11-12-21(3,4)18-13-16(9-10-17(18)20)23-22-15-7-5-14(6-8-15)19(24)25/h5-10,13H,11-12H2,1-4H3,(H,24,25). The van der Waals surface area contributed by atoms with Gasteiger partial charge in [0.05, 0.1) is 16.9 Å². The summed E-state index contributed by atoms with van der Waals surface area (Å²) >= 11 is 0. The summed E-state index contributed by atoms with van der Waals surface area (Å²) < 4.78 is 0. The fraction of sp³-hybridized carbons (Fsp3) is 0.381. The second-order valence-corrected chi connectivity index (χ2v) is 8.05. The molecule has 130 valence electrons. The second kappa shape index (κ2) is 6.10. The maximum atomic E-state index is 10.9. The lowest BCUT2D eigenvalue weighted by Crippen LogP contribution is -2.33. The van der Waals surface area contributed by atoms with Crippen LogP contribution in [0.3, 0.4) is 0 Å². The molecule has 0 saturated carbocycles. The Morgan fingerprint density at radius 2 is 1.36 bits per heavy atom. The Hall–Kier alpha value is -2.49. The summed E-state index contributed by atoms with van der Waals surface area (Å²) in [5.74, 6) is -0.942. The highest BCUT2D eigenvalue weighted by Crippen LogP contribution is 2.46. The van der Waals surface area contributed by atoms with Crippen LogP contribution in [0.2, 0.25) is 0 Å². The lowest BCUT2D eigenvalue weighted by molar-refractivity contribution is 0.0697.